The zero-order valence-electron chi connectivity index (χ0n) is 8.07. The Labute approximate surface area is 93.4 Å². The van der Waals surface area contributed by atoms with Gasteiger partial charge in [0.2, 0.25) is 0 Å². The van der Waals surface area contributed by atoms with Crippen molar-refractivity contribution in [3.63, 3.8) is 0 Å². The van der Waals surface area contributed by atoms with Crippen molar-refractivity contribution in [3.05, 3.63) is 33.3 Å². The van der Waals surface area contributed by atoms with Gasteiger partial charge in [-0.15, -0.1) is 0 Å². The molecule has 5 heteroatoms. The topological polar surface area (TPSA) is 17.1 Å². The summed E-state index contributed by atoms with van der Waals surface area (Å²) in [6, 6.07) is 2.11. The lowest BCUT2D eigenvalue weighted by Gasteiger charge is -2.13. The van der Waals surface area contributed by atoms with Gasteiger partial charge in [0.1, 0.15) is 0 Å². The van der Waals surface area contributed by atoms with Crippen LogP contribution < -0.4 is 0 Å². The van der Waals surface area contributed by atoms with Gasteiger partial charge in [0, 0.05) is 10.0 Å². The van der Waals surface area contributed by atoms with Crippen molar-refractivity contribution in [2.45, 2.75) is 20.0 Å². The highest BCUT2D eigenvalue weighted by molar-refractivity contribution is 9.10. The number of ketones is 1. The van der Waals surface area contributed by atoms with Gasteiger partial charge in [-0.05, 0) is 47.5 Å². The molecule has 1 aromatic rings. The summed E-state index contributed by atoms with van der Waals surface area (Å²) in [6.45, 7) is 2.64. The number of rotatable bonds is 1. The van der Waals surface area contributed by atoms with Crippen molar-refractivity contribution in [2.24, 2.45) is 0 Å². The number of benzene rings is 1. The zero-order chi connectivity index (χ0) is 11.8. The zero-order valence-corrected chi connectivity index (χ0v) is 9.66. The first-order valence-corrected chi connectivity index (χ1v) is 4.91. The summed E-state index contributed by atoms with van der Waals surface area (Å²) in [5.74, 6) is -0.265. The molecule has 0 saturated carbocycles. The average Bonchev–Trinajstić information content (AvgIpc) is 2.06. The maximum Gasteiger partial charge on any atom is 0.416 e. The molecule has 15 heavy (non-hydrogen) atoms. The fourth-order valence-corrected chi connectivity index (χ4v) is 1.89. The van der Waals surface area contributed by atoms with Crippen molar-refractivity contribution in [2.75, 3.05) is 0 Å². The number of carbonyl (C=O) groups is 1. The lowest BCUT2D eigenvalue weighted by Crippen LogP contribution is -2.09. The Morgan fingerprint density at radius 3 is 2.27 bits per heavy atom. The maximum absolute atomic E-state index is 12.5. The molecule has 0 amide bonds. The normalized spacial score (nSPS) is 11.6. The quantitative estimate of drug-likeness (QED) is 0.711. The fourth-order valence-electron chi connectivity index (χ4n) is 1.26. The number of hydrogen-bond acceptors (Lipinski definition) is 1. The summed E-state index contributed by atoms with van der Waals surface area (Å²) in [5, 5.41) is 0. The Kier molecular flexibility index (Phi) is 3.23. The minimum atomic E-state index is -4.39. The van der Waals surface area contributed by atoms with Gasteiger partial charge < -0.3 is 0 Å². The van der Waals surface area contributed by atoms with E-state index in [1.165, 1.54) is 19.9 Å². The van der Waals surface area contributed by atoms with Crippen LogP contribution in [0.1, 0.15) is 28.4 Å². The molecule has 0 bridgehead atoms. The van der Waals surface area contributed by atoms with Crippen LogP contribution in [0.2, 0.25) is 0 Å². The van der Waals surface area contributed by atoms with E-state index >= 15 is 0 Å². The Hall–Kier alpha value is -0.840. The molecule has 0 unspecified atom stereocenters. The van der Waals surface area contributed by atoms with Crippen LogP contribution in [0.25, 0.3) is 0 Å². The number of hydrogen-bond donors (Lipinski definition) is 0. The smallest absolute Gasteiger partial charge is 0.294 e. The highest BCUT2D eigenvalue weighted by Crippen LogP contribution is 2.36. The van der Waals surface area contributed by atoms with Gasteiger partial charge >= 0.3 is 6.18 Å². The average molecular weight is 281 g/mol. The Balaban J connectivity index is 3.41. The first-order valence-electron chi connectivity index (χ1n) is 4.12. The van der Waals surface area contributed by atoms with Crippen molar-refractivity contribution in [1.29, 1.82) is 0 Å². The molecule has 1 rings (SSSR count). The lowest BCUT2D eigenvalue weighted by molar-refractivity contribution is -0.138. The number of alkyl halides is 3. The van der Waals surface area contributed by atoms with Crippen LogP contribution in [0.5, 0.6) is 0 Å². The highest BCUT2D eigenvalue weighted by Gasteiger charge is 2.33. The SMILES string of the molecule is CC(=O)c1ccc(C(F)(F)F)c(C)c1Br. The Bertz CT molecular complexity index is 410. The fraction of sp³-hybridized carbons (Fsp3) is 0.300. The molecule has 0 saturated heterocycles. The third-order valence-corrected chi connectivity index (χ3v) is 3.09. The molecular formula is C10H8BrF3O. The van der Waals surface area contributed by atoms with Gasteiger partial charge in [0.15, 0.2) is 5.78 Å². The van der Waals surface area contributed by atoms with Crippen LogP contribution in [-0.4, -0.2) is 5.78 Å². The summed E-state index contributed by atoms with van der Waals surface area (Å²) in [4.78, 5) is 11.1. The second-order valence-electron chi connectivity index (χ2n) is 3.15. The van der Waals surface area contributed by atoms with E-state index in [1.54, 1.807) is 0 Å². The Morgan fingerprint density at radius 2 is 1.87 bits per heavy atom. The van der Waals surface area contributed by atoms with E-state index in [-0.39, 0.29) is 21.4 Å². The first kappa shape index (κ1) is 12.2. The predicted octanol–water partition coefficient (Wildman–Crippen LogP) is 3.98. The molecule has 0 aliphatic heterocycles. The molecule has 0 fully saturated rings. The molecule has 1 aromatic carbocycles. The van der Waals surface area contributed by atoms with Crippen LogP contribution in [0.15, 0.2) is 16.6 Å². The molecule has 1 nitrogen and oxygen atoms in total. The van der Waals surface area contributed by atoms with Crippen molar-refractivity contribution in [3.8, 4) is 0 Å². The van der Waals surface area contributed by atoms with E-state index in [9.17, 15) is 18.0 Å². The van der Waals surface area contributed by atoms with Gasteiger partial charge in [-0.2, -0.15) is 13.2 Å². The van der Waals surface area contributed by atoms with Gasteiger partial charge in [-0.1, -0.05) is 0 Å². The summed E-state index contributed by atoms with van der Waals surface area (Å²) in [6.07, 6.45) is -4.39. The van der Waals surface area contributed by atoms with Gasteiger partial charge in [0.05, 0.1) is 5.56 Å². The summed E-state index contributed by atoms with van der Waals surface area (Å²) >= 11 is 3.00. The van der Waals surface area contributed by atoms with E-state index in [0.717, 1.165) is 6.07 Å². The number of Topliss-reactive ketones (excluding diaryl/α,β-unsaturated/α-hetero) is 1. The standard InChI is InChI=1S/C10H8BrF3O/c1-5-8(10(12,13)14)4-3-7(6(2)15)9(5)11/h3-4H,1-2H3. The van der Waals surface area contributed by atoms with Crippen molar-refractivity contribution >= 4 is 21.7 Å². The molecule has 0 atom stereocenters. The molecular weight excluding hydrogens is 273 g/mol. The summed E-state index contributed by atoms with van der Waals surface area (Å²) in [5.41, 5.74) is -0.421. The number of carbonyl (C=O) groups excluding carboxylic acids is 1. The van der Waals surface area contributed by atoms with Gasteiger partial charge in [0.25, 0.3) is 0 Å². The van der Waals surface area contributed by atoms with Gasteiger partial charge in [-0.25, -0.2) is 0 Å². The van der Waals surface area contributed by atoms with E-state index in [2.05, 4.69) is 15.9 Å². The molecule has 0 radical (unpaired) electrons. The second kappa shape index (κ2) is 3.96. The highest BCUT2D eigenvalue weighted by atomic mass is 79.9. The van der Waals surface area contributed by atoms with Crippen LogP contribution in [0.3, 0.4) is 0 Å². The molecule has 0 aromatic heterocycles. The Morgan fingerprint density at radius 1 is 1.33 bits per heavy atom. The van der Waals surface area contributed by atoms with Crippen LogP contribution >= 0.6 is 15.9 Å². The van der Waals surface area contributed by atoms with Crippen molar-refractivity contribution < 1.29 is 18.0 Å². The molecule has 0 aliphatic rings. The van der Waals surface area contributed by atoms with Crippen LogP contribution in [-0.2, 0) is 6.18 Å². The van der Waals surface area contributed by atoms with Gasteiger partial charge in [-0.3, -0.25) is 4.79 Å². The third-order valence-electron chi connectivity index (χ3n) is 2.07. The van der Waals surface area contributed by atoms with Crippen LogP contribution in [0.4, 0.5) is 13.2 Å². The van der Waals surface area contributed by atoms with E-state index in [1.807, 2.05) is 0 Å². The third kappa shape index (κ3) is 2.40. The van der Waals surface area contributed by atoms with Crippen molar-refractivity contribution in [1.82, 2.24) is 0 Å². The van der Waals surface area contributed by atoms with E-state index in [4.69, 9.17) is 0 Å². The number of halogens is 4. The first-order chi connectivity index (χ1) is 6.75. The maximum atomic E-state index is 12.5. The molecule has 0 N–H and O–H groups in total. The monoisotopic (exact) mass is 280 g/mol. The molecule has 82 valence electrons. The second-order valence-corrected chi connectivity index (χ2v) is 3.95. The van der Waals surface area contributed by atoms with E-state index < -0.39 is 11.7 Å². The molecule has 0 aliphatic carbocycles. The predicted molar refractivity (Wildman–Crippen MR) is 53.9 cm³/mol. The largest absolute Gasteiger partial charge is 0.416 e. The summed E-state index contributed by atoms with van der Waals surface area (Å²) < 4.78 is 37.6. The minimum Gasteiger partial charge on any atom is -0.294 e. The van der Waals surface area contributed by atoms with Crippen LogP contribution in [0, 0.1) is 6.92 Å². The lowest BCUT2D eigenvalue weighted by atomic mass is 10.0. The minimum absolute atomic E-state index is 0.0372. The molecule has 0 heterocycles. The van der Waals surface area contributed by atoms with E-state index in [0.29, 0.717) is 0 Å². The molecule has 0 spiro atoms. The summed E-state index contributed by atoms with van der Waals surface area (Å²) in [7, 11) is 0.